The Morgan fingerprint density at radius 1 is 1.04 bits per heavy atom. The second kappa shape index (κ2) is 9.71. The van der Waals surface area contributed by atoms with Gasteiger partial charge in [-0.25, -0.2) is 4.99 Å². The summed E-state index contributed by atoms with van der Waals surface area (Å²) in [6.45, 7) is 5.47. The van der Waals surface area contributed by atoms with Crippen LogP contribution in [0.4, 0.5) is 0 Å². The molecule has 1 aliphatic heterocycles. The quantitative estimate of drug-likeness (QED) is 0.605. The standard InChI is InChI=1S/C21H27N3O3/c1-3-22-21(23-14-16-6-4-7-18(12-16)25-2)24-15-17-8-9-19-20(13-17)27-11-5-10-26-19/h4,6-9,12-13H,3,5,10-11,14-15H2,1-2H3,(H2,22,23,24). The summed E-state index contributed by atoms with van der Waals surface area (Å²) < 4.78 is 16.7. The van der Waals surface area contributed by atoms with E-state index in [9.17, 15) is 0 Å². The van der Waals surface area contributed by atoms with Crippen LogP contribution in [0.2, 0.25) is 0 Å². The van der Waals surface area contributed by atoms with Gasteiger partial charge in [0, 0.05) is 19.5 Å². The van der Waals surface area contributed by atoms with Crippen molar-refractivity contribution in [3.63, 3.8) is 0 Å². The number of methoxy groups -OCH3 is 1. The highest BCUT2D eigenvalue weighted by Crippen LogP contribution is 2.30. The van der Waals surface area contributed by atoms with Crippen molar-refractivity contribution in [2.24, 2.45) is 4.99 Å². The Balaban J connectivity index is 1.63. The molecule has 0 aromatic heterocycles. The molecule has 3 rings (SSSR count). The van der Waals surface area contributed by atoms with Gasteiger partial charge in [0.2, 0.25) is 0 Å². The molecule has 2 N–H and O–H groups in total. The minimum atomic E-state index is 0.577. The third kappa shape index (κ3) is 5.54. The Labute approximate surface area is 160 Å². The molecule has 0 unspecified atom stereocenters. The van der Waals surface area contributed by atoms with E-state index in [2.05, 4.69) is 22.5 Å². The summed E-state index contributed by atoms with van der Waals surface area (Å²) in [4.78, 5) is 4.66. The van der Waals surface area contributed by atoms with Gasteiger partial charge in [0.1, 0.15) is 5.75 Å². The molecule has 6 nitrogen and oxygen atoms in total. The monoisotopic (exact) mass is 369 g/mol. The summed E-state index contributed by atoms with van der Waals surface area (Å²) in [6, 6.07) is 14.0. The maximum atomic E-state index is 5.76. The van der Waals surface area contributed by atoms with Crippen LogP contribution >= 0.6 is 0 Å². The van der Waals surface area contributed by atoms with Gasteiger partial charge in [-0.1, -0.05) is 18.2 Å². The van der Waals surface area contributed by atoms with Crippen molar-refractivity contribution in [3.05, 3.63) is 53.6 Å². The molecule has 0 spiro atoms. The van der Waals surface area contributed by atoms with Crippen LogP contribution in [0.3, 0.4) is 0 Å². The molecular weight excluding hydrogens is 342 g/mol. The minimum absolute atomic E-state index is 0.577. The van der Waals surface area contributed by atoms with Crippen molar-refractivity contribution >= 4 is 5.96 Å². The number of nitrogens with zero attached hydrogens (tertiary/aromatic N) is 1. The van der Waals surface area contributed by atoms with Gasteiger partial charge in [0.25, 0.3) is 0 Å². The van der Waals surface area contributed by atoms with Crippen molar-refractivity contribution in [1.29, 1.82) is 0 Å². The van der Waals surface area contributed by atoms with E-state index in [-0.39, 0.29) is 0 Å². The van der Waals surface area contributed by atoms with E-state index in [1.807, 2.05) is 42.5 Å². The zero-order valence-electron chi connectivity index (χ0n) is 16.0. The zero-order valence-corrected chi connectivity index (χ0v) is 16.0. The van der Waals surface area contributed by atoms with Crippen molar-refractivity contribution in [3.8, 4) is 17.2 Å². The molecule has 2 aromatic carbocycles. The van der Waals surface area contributed by atoms with Gasteiger partial charge < -0.3 is 24.8 Å². The maximum absolute atomic E-state index is 5.76. The lowest BCUT2D eigenvalue weighted by molar-refractivity contribution is 0.297. The summed E-state index contributed by atoms with van der Waals surface area (Å²) in [5.74, 6) is 3.24. The van der Waals surface area contributed by atoms with Crippen LogP contribution in [0.25, 0.3) is 0 Å². The number of aliphatic imine (C=N–C) groups is 1. The number of guanidine groups is 1. The SMILES string of the molecule is CCNC(=NCc1cccc(OC)c1)NCc1ccc2c(c1)OCCCO2. The molecule has 0 saturated heterocycles. The molecule has 0 aliphatic carbocycles. The number of nitrogens with one attached hydrogen (secondary N) is 2. The molecule has 0 bridgehead atoms. The highest BCUT2D eigenvalue weighted by atomic mass is 16.5. The average molecular weight is 369 g/mol. The minimum Gasteiger partial charge on any atom is -0.497 e. The zero-order chi connectivity index (χ0) is 18.9. The van der Waals surface area contributed by atoms with Gasteiger partial charge in [0.05, 0.1) is 26.9 Å². The van der Waals surface area contributed by atoms with Crippen LogP contribution in [-0.4, -0.2) is 32.8 Å². The van der Waals surface area contributed by atoms with Crippen LogP contribution in [0.5, 0.6) is 17.2 Å². The second-order valence-corrected chi connectivity index (χ2v) is 6.23. The van der Waals surface area contributed by atoms with Crippen molar-refractivity contribution in [2.45, 2.75) is 26.4 Å². The van der Waals surface area contributed by atoms with Gasteiger partial charge in [-0.3, -0.25) is 0 Å². The first-order chi connectivity index (χ1) is 13.3. The summed E-state index contributed by atoms with van der Waals surface area (Å²) >= 11 is 0. The molecule has 144 valence electrons. The van der Waals surface area contributed by atoms with Crippen LogP contribution < -0.4 is 24.8 Å². The molecule has 1 aliphatic rings. The van der Waals surface area contributed by atoms with Gasteiger partial charge in [-0.2, -0.15) is 0 Å². The number of hydrogen-bond donors (Lipinski definition) is 2. The lowest BCUT2D eigenvalue weighted by Crippen LogP contribution is -2.36. The van der Waals surface area contributed by atoms with E-state index in [0.29, 0.717) is 26.3 Å². The van der Waals surface area contributed by atoms with E-state index in [1.54, 1.807) is 7.11 Å². The first-order valence-corrected chi connectivity index (χ1v) is 9.32. The van der Waals surface area contributed by atoms with Crippen LogP contribution in [-0.2, 0) is 13.1 Å². The Morgan fingerprint density at radius 3 is 2.70 bits per heavy atom. The Hall–Kier alpha value is -2.89. The largest absolute Gasteiger partial charge is 0.497 e. The molecular formula is C21H27N3O3. The molecule has 0 fully saturated rings. The van der Waals surface area contributed by atoms with Crippen molar-refractivity contribution in [2.75, 3.05) is 26.9 Å². The number of fused-ring (bicyclic) bond motifs is 1. The van der Waals surface area contributed by atoms with Crippen LogP contribution in [0.15, 0.2) is 47.5 Å². The summed E-state index contributed by atoms with van der Waals surface area (Å²) in [5, 5.41) is 6.65. The molecule has 2 aromatic rings. The Bertz CT molecular complexity index is 777. The van der Waals surface area contributed by atoms with E-state index in [0.717, 1.165) is 47.3 Å². The van der Waals surface area contributed by atoms with Crippen LogP contribution in [0, 0.1) is 0 Å². The van der Waals surface area contributed by atoms with E-state index in [4.69, 9.17) is 14.2 Å². The average Bonchev–Trinajstić information content (AvgIpc) is 2.95. The fraction of sp³-hybridized carbons (Fsp3) is 0.381. The third-order valence-corrected chi connectivity index (χ3v) is 4.17. The summed E-state index contributed by atoms with van der Waals surface area (Å²) in [5.41, 5.74) is 2.22. The lowest BCUT2D eigenvalue weighted by atomic mass is 10.2. The molecule has 0 saturated carbocycles. The molecule has 1 heterocycles. The van der Waals surface area contributed by atoms with Crippen molar-refractivity contribution in [1.82, 2.24) is 10.6 Å². The van der Waals surface area contributed by atoms with Crippen molar-refractivity contribution < 1.29 is 14.2 Å². The fourth-order valence-corrected chi connectivity index (χ4v) is 2.79. The van der Waals surface area contributed by atoms with E-state index in [1.165, 1.54) is 0 Å². The van der Waals surface area contributed by atoms with E-state index >= 15 is 0 Å². The smallest absolute Gasteiger partial charge is 0.191 e. The number of benzene rings is 2. The lowest BCUT2D eigenvalue weighted by Gasteiger charge is -2.13. The molecule has 0 radical (unpaired) electrons. The van der Waals surface area contributed by atoms with Gasteiger partial charge >= 0.3 is 0 Å². The fourth-order valence-electron chi connectivity index (χ4n) is 2.79. The number of ether oxygens (including phenoxy) is 3. The highest BCUT2D eigenvalue weighted by molar-refractivity contribution is 5.79. The summed E-state index contributed by atoms with van der Waals surface area (Å²) in [6.07, 6.45) is 0.907. The Morgan fingerprint density at radius 2 is 1.89 bits per heavy atom. The number of hydrogen-bond acceptors (Lipinski definition) is 4. The first kappa shape index (κ1) is 18.9. The summed E-state index contributed by atoms with van der Waals surface area (Å²) in [7, 11) is 1.67. The highest BCUT2D eigenvalue weighted by Gasteiger charge is 2.10. The first-order valence-electron chi connectivity index (χ1n) is 9.32. The Kier molecular flexibility index (Phi) is 6.79. The molecule has 6 heteroatoms. The predicted octanol–water partition coefficient (Wildman–Crippen LogP) is 3.11. The third-order valence-electron chi connectivity index (χ3n) is 4.17. The topological polar surface area (TPSA) is 64.1 Å². The normalized spacial score (nSPS) is 13.6. The van der Waals surface area contributed by atoms with E-state index < -0.39 is 0 Å². The predicted molar refractivity (Wildman–Crippen MR) is 107 cm³/mol. The second-order valence-electron chi connectivity index (χ2n) is 6.23. The molecule has 0 amide bonds. The van der Waals surface area contributed by atoms with Gasteiger partial charge in [-0.15, -0.1) is 0 Å². The molecule has 27 heavy (non-hydrogen) atoms. The van der Waals surface area contributed by atoms with Gasteiger partial charge in [0.15, 0.2) is 17.5 Å². The molecule has 0 atom stereocenters. The maximum Gasteiger partial charge on any atom is 0.191 e. The van der Waals surface area contributed by atoms with Gasteiger partial charge in [-0.05, 0) is 42.3 Å². The van der Waals surface area contributed by atoms with Crippen LogP contribution in [0.1, 0.15) is 24.5 Å². The number of rotatable bonds is 6.